The standard InChI is InChI=1S/C16H27BrN4/c1-3-21-14(15(17)13(2)19-21)11-20-10-9-18-12-16(20)7-5-4-6-8-16/h18H,3-12H2,1-2H3. The monoisotopic (exact) mass is 354 g/mol. The van der Waals surface area contributed by atoms with E-state index in [-0.39, 0.29) is 0 Å². The summed E-state index contributed by atoms with van der Waals surface area (Å²) >= 11 is 3.76. The van der Waals surface area contributed by atoms with E-state index in [1.807, 2.05) is 0 Å². The maximum atomic E-state index is 4.66. The van der Waals surface area contributed by atoms with Gasteiger partial charge in [0.05, 0.1) is 15.9 Å². The fourth-order valence-corrected chi connectivity index (χ4v) is 4.44. The van der Waals surface area contributed by atoms with E-state index in [0.717, 1.165) is 38.4 Å². The molecule has 2 heterocycles. The molecule has 1 aromatic rings. The molecular formula is C16H27BrN4. The van der Waals surface area contributed by atoms with Gasteiger partial charge in [-0.2, -0.15) is 5.10 Å². The summed E-state index contributed by atoms with van der Waals surface area (Å²) < 4.78 is 3.37. The van der Waals surface area contributed by atoms with Gasteiger partial charge in [-0.05, 0) is 42.6 Å². The molecule has 1 aliphatic carbocycles. The molecule has 1 saturated heterocycles. The fourth-order valence-electron chi connectivity index (χ4n) is 4.03. The Hall–Kier alpha value is -0.390. The third kappa shape index (κ3) is 2.92. The summed E-state index contributed by atoms with van der Waals surface area (Å²) in [7, 11) is 0. The molecule has 1 saturated carbocycles. The summed E-state index contributed by atoms with van der Waals surface area (Å²) in [6.07, 6.45) is 6.86. The minimum absolute atomic E-state index is 0.382. The van der Waals surface area contributed by atoms with E-state index in [1.165, 1.54) is 42.3 Å². The van der Waals surface area contributed by atoms with Crippen LogP contribution in [0.25, 0.3) is 0 Å². The van der Waals surface area contributed by atoms with Crippen molar-refractivity contribution in [2.24, 2.45) is 0 Å². The molecule has 4 nitrogen and oxygen atoms in total. The van der Waals surface area contributed by atoms with Crippen LogP contribution in [0.5, 0.6) is 0 Å². The molecule has 0 unspecified atom stereocenters. The van der Waals surface area contributed by atoms with Crippen molar-refractivity contribution in [3.8, 4) is 0 Å². The smallest absolute Gasteiger partial charge is 0.0739 e. The van der Waals surface area contributed by atoms with Gasteiger partial charge in [0, 0.05) is 38.3 Å². The average Bonchev–Trinajstić information content (AvgIpc) is 2.78. The number of nitrogens with one attached hydrogen (secondary N) is 1. The van der Waals surface area contributed by atoms with Gasteiger partial charge in [0.15, 0.2) is 0 Å². The molecule has 1 N–H and O–H groups in total. The molecule has 0 aromatic carbocycles. The molecule has 5 heteroatoms. The van der Waals surface area contributed by atoms with Crippen LogP contribution in [0.15, 0.2) is 4.47 Å². The van der Waals surface area contributed by atoms with E-state index in [4.69, 9.17) is 0 Å². The Bertz CT molecular complexity index is 482. The molecule has 2 fully saturated rings. The van der Waals surface area contributed by atoms with E-state index in [9.17, 15) is 0 Å². The molecule has 2 aliphatic rings. The van der Waals surface area contributed by atoms with Gasteiger partial charge in [0.2, 0.25) is 0 Å². The van der Waals surface area contributed by atoms with Gasteiger partial charge < -0.3 is 5.32 Å². The number of hydrogen-bond donors (Lipinski definition) is 1. The first-order valence-electron chi connectivity index (χ1n) is 8.34. The topological polar surface area (TPSA) is 33.1 Å². The minimum atomic E-state index is 0.382. The lowest BCUT2D eigenvalue weighted by molar-refractivity contribution is 0.0188. The predicted molar refractivity (Wildman–Crippen MR) is 89.4 cm³/mol. The van der Waals surface area contributed by atoms with Crippen LogP contribution in [-0.2, 0) is 13.1 Å². The zero-order chi connectivity index (χ0) is 14.9. The number of rotatable bonds is 3. The van der Waals surface area contributed by atoms with Gasteiger partial charge in [0.25, 0.3) is 0 Å². The van der Waals surface area contributed by atoms with E-state index >= 15 is 0 Å². The third-order valence-electron chi connectivity index (χ3n) is 5.26. The first kappa shape index (κ1) is 15.5. The SMILES string of the molecule is CCn1nc(C)c(Br)c1CN1CCNCC12CCCCC2. The fraction of sp³-hybridized carbons (Fsp3) is 0.812. The van der Waals surface area contributed by atoms with E-state index in [0.29, 0.717) is 5.54 Å². The zero-order valence-corrected chi connectivity index (χ0v) is 14.9. The lowest BCUT2D eigenvalue weighted by Gasteiger charge is -2.50. The van der Waals surface area contributed by atoms with Crippen molar-refractivity contribution in [1.82, 2.24) is 20.0 Å². The van der Waals surface area contributed by atoms with Crippen LogP contribution in [0.4, 0.5) is 0 Å². The molecule has 3 rings (SSSR count). The molecule has 0 atom stereocenters. The number of hydrogen-bond acceptors (Lipinski definition) is 3. The molecular weight excluding hydrogens is 328 g/mol. The van der Waals surface area contributed by atoms with Gasteiger partial charge in [-0.1, -0.05) is 19.3 Å². The van der Waals surface area contributed by atoms with Crippen LogP contribution in [0, 0.1) is 6.92 Å². The quantitative estimate of drug-likeness (QED) is 0.905. The summed E-state index contributed by atoms with van der Waals surface area (Å²) in [5.74, 6) is 0. The second kappa shape index (κ2) is 6.39. The van der Waals surface area contributed by atoms with Crippen molar-refractivity contribution in [2.75, 3.05) is 19.6 Å². The van der Waals surface area contributed by atoms with Gasteiger partial charge in [0.1, 0.15) is 0 Å². The summed E-state index contributed by atoms with van der Waals surface area (Å²) in [4.78, 5) is 2.73. The molecule has 118 valence electrons. The molecule has 0 radical (unpaired) electrons. The lowest BCUT2D eigenvalue weighted by Crippen LogP contribution is -2.61. The number of halogens is 1. The number of nitrogens with zero attached hydrogens (tertiary/aromatic N) is 3. The van der Waals surface area contributed by atoms with Crippen LogP contribution in [0.3, 0.4) is 0 Å². The van der Waals surface area contributed by atoms with Crippen molar-refractivity contribution in [3.63, 3.8) is 0 Å². The van der Waals surface area contributed by atoms with Crippen molar-refractivity contribution in [2.45, 2.75) is 64.6 Å². The van der Waals surface area contributed by atoms with Crippen LogP contribution in [0.2, 0.25) is 0 Å². The van der Waals surface area contributed by atoms with Gasteiger partial charge in [-0.3, -0.25) is 9.58 Å². The Labute approximate surface area is 136 Å². The number of aryl methyl sites for hydroxylation is 2. The van der Waals surface area contributed by atoms with Crippen molar-refractivity contribution >= 4 is 15.9 Å². The molecule has 0 amide bonds. The Balaban J connectivity index is 1.85. The Morgan fingerprint density at radius 2 is 2.05 bits per heavy atom. The van der Waals surface area contributed by atoms with Crippen LogP contribution < -0.4 is 5.32 Å². The van der Waals surface area contributed by atoms with Crippen molar-refractivity contribution < 1.29 is 0 Å². The van der Waals surface area contributed by atoms with E-state index in [2.05, 4.69) is 49.8 Å². The van der Waals surface area contributed by atoms with Crippen LogP contribution >= 0.6 is 15.9 Å². The molecule has 0 bridgehead atoms. The highest BCUT2D eigenvalue weighted by Gasteiger charge is 2.40. The average molecular weight is 355 g/mol. The summed E-state index contributed by atoms with van der Waals surface area (Å²) in [5, 5.41) is 8.29. The maximum Gasteiger partial charge on any atom is 0.0739 e. The predicted octanol–water partition coefficient (Wildman–Crippen LogP) is 3.08. The number of aromatic nitrogens is 2. The summed E-state index contributed by atoms with van der Waals surface area (Å²) in [6, 6.07) is 0. The number of piperazine rings is 1. The molecule has 21 heavy (non-hydrogen) atoms. The minimum Gasteiger partial charge on any atom is -0.314 e. The Morgan fingerprint density at radius 1 is 1.29 bits per heavy atom. The highest BCUT2D eigenvalue weighted by molar-refractivity contribution is 9.10. The second-order valence-corrected chi connectivity index (χ2v) is 7.34. The highest BCUT2D eigenvalue weighted by Crippen LogP contribution is 2.36. The largest absolute Gasteiger partial charge is 0.314 e. The highest BCUT2D eigenvalue weighted by atomic mass is 79.9. The van der Waals surface area contributed by atoms with Gasteiger partial charge in [-0.25, -0.2) is 0 Å². The normalized spacial score (nSPS) is 22.8. The van der Waals surface area contributed by atoms with E-state index in [1.54, 1.807) is 0 Å². The second-order valence-electron chi connectivity index (χ2n) is 6.55. The lowest BCUT2D eigenvalue weighted by atomic mass is 9.79. The first-order valence-corrected chi connectivity index (χ1v) is 9.13. The zero-order valence-electron chi connectivity index (χ0n) is 13.3. The molecule has 1 spiro atoms. The van der Waals surface area contributed by atoms with E-state index < -0.39 is 0 Å². The van der Waals surface area contributed by atoms with Gasteiger partial charge in [-0.15, -0.1) is 0 Å². The Kier molecular flexibility index (Phi) is 4.71. The van der Waals surface area contributed by atoms with Crippen molar-refractivity contribution in [3.05, 3.63) is 15.9 Å². The van der Waals surface area contributed by atoms with Crippen LogP contribution in [-0.4, -0.2) is 39.9 Å². The maximum absolute atomic E-state index is 4.66. The Morgan fingerprint density at radius 3 is 2.76 bits per heavy atom. The van der Waals surface area contributed by atoms with Crippen molar-refractivity contribution in [1.29, 1.82) is 0 Å². The summed E-state index contributed by atoms with van der Waals surface area (Å²) in [6.45, 7) is 9.66. The van der Waals surface area contributed by atoms with Gasteiger partial charge >= 0.3 is 0 Å². The van der Waals surface area contributed by atoms with Crippen LogP contribution in [0.1, 0.15) is 50.4 Å². The molecule has 1 aromatic heterocycles. The first-order chi connectivity index (χ1) is 10.2. The molecule has 1 aliphatic heterocycles. The summed E-state index contributed by atoms with van der Waals surface area (Å²) in [5.41, 5.74) is 2.84. The third-order valence-corrected chi connectivity index (χ3v) is 6.29.